The molecule has 4 rings (SSSR count). The van der Waals surface area contributed by atoms with Gasteiger partial charge in [-0.3, -0.25) is 14.6 Å². The molecule has 1 aliphatic heterocycles. The Balaban J connectivity index is 1.85. The summed E-state index contributed by atoms with van der Waals surface area (Å²) in [4.78, 5) is 32.0. The van der Waals surface area contributed by atoms with Gasteiger partial charge in [-0.25, -0.2) is 0 Å². The Hall–Kier alpha value is -2.80. The number of esters is 1. The van der Waals surface area contributed by atoms with Crippen LogP contribution in [-0.4, -0.2) is 34.6 Å². The van der Waals surface area contributed by atoms with E-state index in [1.807, 2.05) is 6.07 Å². The van der Waals surface area contributed by atoms with Crippen molar-refractivity contribution in [2.24, 2.45) is 5.92 Å². The summed E-state index contributed by atoms with van der Waals surface area (Å²) < 4.78 is 10.7. The van der Waals surface area contributed by atoms with E-state index in [1.54, 1.807) is 32.3 Å². The van der Waals surface area contributed by atoms with Crippen LogP contribution in [0.4, 0.5) is 5.69 Å². The number of hydrogen-bond donors (Lipinski definition) is 2. The molecule has 3 aromatic rings. The molecule has 1 fully saturated rings. The van der Waals surface area contributed by atoms with Crippen LogP contribution < -0.4 is 10.1 Å². The quantitative estimate of drug-likeness (QED) is 0.669. The van der Waals surface area contributed by atoms with E-state index in [0.29, 0.717) is 22.0 Å². The number of hydrogen-bond acceptors (Lipinski definition) is 5. The molecule has 27 heavy (non-hydrogen) atoms. The van der Waals surface area contributed by atoms with E-state index in [1.165, 1.54) is 7.11 Å². The zero-order valence-electron chi connectivity index (χ0n) is 15.1. The molecule has 7 nitrogen and oxygen atoms in total. The maximum absolute atomic E-state index is 12.9. The van der Waals surface area contributed by atoms with E-state index in [0.717, 1.165) is 16.3 Å². The lowest BCUT2D eigenvalue weighted by molar-refractivity contribution is -0.147. The minimum Gasteiger partial charge on any atom is -0.493 e. The second-order valence-corrected chi connectivity index (χ2v) is 7.47. The number of ether oxygens (including phenoxy) is 2. The van der Waals surface area contributed by atoms with Crippen LogP contribution in [0.1, 0.15) is 20.3 Å². The summed E-state index contributed by atoms with van der Waals surface area (Å²) in [5.74, 6) is -0.987. The van der Waals surface area contributed by atoms with Crippen molar-refractivity contribution in [3.05, 3.63) is 29.5 Å². The number of benzene rings is 1. The van der Waals surface area contributed by atoms with Gasteiger partial charge in [0.1, 0.15) is 11.3 Å². The maximum atomic E-state index is 12.9. The molecular formula is C19H18ClN3O4. The molecule has 8 heteroatoms. The largest absolute Gasteiger partial charge is 0.493 e. The van der Waals surface area contributed by atoms with E-state index in [-0.39, 0.29) is 18.3 Å². The van der Waals surface area contributed by atoms with Crippen molar-refractivity contribution < 1.29 is 19.1 Å². The fourth-order valence-corrected chi connectivity index (χ4v) is 3.87. The van der Waals surface area contributed by atoms with E-state index in [4.69, 9.17) is 21.1 Å². The number of aromatic amines is 1. The molecule has 0 radical (unpaired) electrons. The van der Waals surface area contributed by atoms with Crippen molar-refractivity contribution in [1.29, 1.82) is 0 Å². The molecule has 0 saturated carbocycles. The fraction of sp³-hybridized carbons (Fsp3) is 0.316. The average molecular weight is 388 g/mol. The standard InChI is InChI=1S/C19H18ClN3O4/c1-19(2)11(7-14(24)27-19)18(25)23-16-15-10(6-12(20)17(16)26-3)9-4-5-21-8-13(9)22-15/h4-6,8,11,22H,7H2,1-3H3,(H,23,25). The average Bonchev–Trinajstić information content (AvgIpc) is 3.11. The maximum Gasteiger partial charge on any atom is 0.307 e. The number of cyclic esters (lactones) is 1. The fourth-order valence-electron chi connectivity index (χ4n) is 3.59. The number of H-pyrrole nitrogens is 1. The molecule has 0 bridgehead atoms. The second kappa shape index (κ2) is 6.13. The monoisotopic (exact) mass is 387 g/mol. The molecule has 2 aromatic heterocycles. The van der Waals surface area contributed by atoms with Crippen molar-refractivity contribution in [1.82, 2.24) is 9.97 Å². The first-order valence-corrected chi connectivity index (χ1v) is 8.84. The molecule has 1 saturated heterocycles. The van der Waals surface area contributed by atoms with Crippen LogP contribution in [0.3, 0.4) is 0 Å². The molecular weight excluding hydrogens is 370 g/mol. The number of methoxy groups -OCH3 is 1. The number of anilines is 1. The van der Waals surface area contributed by atoms with Gasteiger partial charge in [0.05, 0.1) is 41.7 Å². The molecule has 1 aromatic carbocycles. The third-order valence-corrected chi connectivity index (χ3v) is 5.24. The smallest absolute Gasteiger partial charge is 0.307 e. The van der Waals surface area contributed by atoms with E-state index in [9.17, 15) is 9.59 Å². The van der Waals surface area contributed by atoms with Gasteiger partial charge in [0.15, 0.2) is 5.75 Å². The number of nitrogens with one attached hydrogen (secondary N) is 2. The van der Waals surface area contributed by atoms with Crippen molar-refractivity contribution in [3.8, 4) is 5.75 Å². The number of carbonyl (C=O) groups is 2. The van der Waals surface area contributed by atoms with Gasteiger partial charge in [0, 0.05) is 17.0 Å². The van der Waals surface area contributed by atoms with Crippen molar-refractivity contribution in [2.45, 2.75) is 25.9 Å². The Labute approximate surface area is 160 Å². The third-order valence-electron chi connectivity index (χ3n) is 4.96. The minimum atomic E-state index is -0.879. The molecule has 3 heterocycles. The van der Waals surface area contributed by atoms with Gasteiger partial charge in [-0.1, -0.05) is 11.6 Å². The zero-order valence-corrected chi connectivity index (χ0v) is 15.8. The van der Waals surface area contributed by atoms with Gasteiger partial charge in [0.2, 0.25) is 5.91 Å². The van der Waals surface area contributed by atoms with Crippen molar-refractivity contribution in [2.75, 3.05) is 12.4 Å². The summed E-state index contributed by atoms with van der Waals surface area (Å²) in [5.41, 5.74) is 1.04. The lowest BCUT2D eigenvalue weighted by Crippen LogP contribution is -2.36. The Morgan fingerprint density at radius 2 is 2.22 bits per heavy atom. The van der Waals surface area contributed by atoms with Crippen LogP contribution in [0, 0.1) is 5.92 Å². The van der Waals surface area contributed by atoms with Gasteiger partial charge in [-0.2, -0.15) is 0 Å². The minimum absolute atomic E-state index is 0.0292. The van der Waals surface area contributed by atoms with E-state index in [2.05, 4.69) is 15.3 Å². The van der Waals surface area contributed by atoms with Crippen molar-refractivity contribution in [3.63, 3.8) is 0 Å². The van der Waals surface area contributed by atoms with Crippen LogP contribution in [0.15, 0.2) is 24.5 Å². The highest BCUT2D eigenvalue weighted by molar-refractivity contribution is 6.35. The number of carbonyl (C=O) groups excluding carboxylic acids is 2. The Bertz CT molecular complexity index is 1090. The zero-order chi connectivity index (χ0) is 19.3. The third kappa shape index (κ3) is 2.78. The molecule has 0 aliphatic carbocycles. The number of rotatable bonds is 3. The molecule has 2 N–H and O–H groups in total. The summed E-state index contributed by atoms with van der Waals surface area (Å²) >= 11 is 6.40. The highest BCUT2D eigenvalue weighted by atomic mass is 35.5. The van der Waals surface area contributed by atoms with Crippen LogP contribution >= 0.6 is 11.6 Å². The van der Waals surface area contributed by atoms with Gasteiger partial charge in [-0.15, -0.1) is 0 Å². The Kier molecular flexibility index (Phi) is 3.99. The van der Waals surface area contributed by atoms with Crippen LogP contribution in [-0.2, 0) is 14.3 Å². The summed E-state index contributed by atoms with van der Waals surface area (Å²) in [5, 5.41) is 5.03. The van der Waals surface area contributed by atoms with Gasteiger partial charge in [-0.05, 0) is 26.0 Å². The van der Waals surface area contributed by atoms with Crippen LogP contribution in [0.5, 0.6) is 5.75 Å². The SMILES string of the molecule is COc1c(Cl)cc2c([nH]c3cnccc32)c1NC(=O)C1CC(=O)OC1(C)C. The molecule has 1 unspecified atom stereocenters. The first-order valence-electron chi connectivity index (χ1n) is 8.46. The summed E-state index contributed by atoms with van der Waals surface area (Å²) in [7, 11) is 1.49. The lowest BCUT2D eigenvalue weighted by atomic mass is 9.90. The first-order chi connectivity index (χ1) is 12.8. The first kappa shape index (κ1) is 17.6. The molecule has 0 spiro atoms. The highest BCUT2D eigenvalue weighted by Gasteiger charge is 2.46. The number of halogens is 1. The number of amides is 1. The van der Waals surface area contributed by atoms with Crippen LogP contribution in [0.25, 0.3) is 21.8 Å². The topological polar surface area (TPSA) is 93.3 Å². The Morgan fingerprint density at radius 1 is 1.44 bits per heavy atom. The lowest BCUT2D eigenvalue weighted by Gasteiger charge is -2.24. The summed E-state index contributed by atoms with van der Waals surface area (Å²) in [6, 6.07) is 3.66. The summed E-state index contributed by atoms with van der Waals surface area (Å²) in [6.07, 6.45) is 3.42. The Morgan fingerprint density at radius 3 is 2.89 bits per heavy atom. The number of nitrogens with zero attached hydrogens (tertiary/aromatic N) is 1. The normalized spacial score (nSPS) is 18.7. The molecule has 1 aliphatic rings. The van der Waals surface area contributed by atoms with Gasteiger partial charge >= 0.3 is 5.97 Å². The van der Waals surface area contributed by atoms with Crippen molar-refractivity contribution >= 4 is 51.0 Å². The number of fused-ring (bicyclic) bond motifs is 3. The number of aromatic nitrogens is 2. The van der Waals surface area contributed by atoms with E-state index >= 15 is 0 Å². The summed E-state index contributed by atoms with van der Waals surface area (Å²) in [6.45, 7) is 3.45. The number of pyridine rings is 1. The predicted octanol–water partition coefficient (Wildman–Crippen LogP) is 3.66. The van der Waals surface area contributed by atoms with Gasteiger partial charge in [0.25, 0.3) is 0 Å². The highest BCUT2D eigenvalue weighted by Crippen LogP contribution is 2.43. The second-order valence-electron chi connectivity index (χ2n) is 7.06. The molecule has 1 atom stereocenters. The molecule has 140 valence electrons. The van der Waals surface area contributed by atoms with E-state index < -0.39 is 11.5 Å². The molecule has 1 amide bonds. The van der Waals surface area contributed by atoms with Crippen LogP contribution in [0.2, 0.25) is 5.02 Å². The predicted molar refractivity (Wildman–Crippen MR) is 102 cm³/mol. The van der Waals surface area contributed by atoms with Gasteiger partial charge < -0.3 is 19.8 Å².